The SMILES string of the molecule is c1ccc2[nH]c(Cc3noc(CC4CNC4)n3)nc2c1. The maximum Gasteiger partial charge on any atom is 0.227 e. The van der Waals surface area contributed by atoms with E-state index in [1.165, 1.54) is 0 Å². The van der Waals surface area contributed by atoms with Gasteiger partial charge in [0.1, 0.15) is 5.82 Å². The molecule has 6 heteroatoms. The third kappa shape index (κ3) is 2.18. The van der Waals surface area contributed by atoms with Crippen molar-refractivity contribution in [2.45, 2.75) is 12.8 Å². The summed E-state index contributed by atoms with van der Waals surface area (Å²) in [7, 11) is 0. The van der Waals surface area contributed by atoms with E-state index in [2.05, 4.69) is 25.4 Å². The monoisotopic (exact) mass is 269 g/mol. The Morgan fingerprint density at radius 3 is 2.90 bits per heavy atom. The first kappa shape index (κ1) is 11.6. The standard InChI is InChI=1S/C14H15N5O/c1-2-4-11-10(3-1)16-12(17-11)6-13-18-14(20-19-13)5-9-7-15-8-9/h1-4,9,15H,5-8H2,(H,16,17). The van der Waals surface area contributed by atoms with Crippen LogP contribution in [-0.2, 0) is 12.8 Å². The highest BCUT2D eigenvalue weighted by Gasteiger charge is 2.20. The average Bonchev–Trinajstić information content (AvgIpc) is 3.00. The molecule has 20 heavy (non-hydrogen) atoms. The van der Waals surface area contributed by atoms with Crippen molar-refractivity contribution in [1.82, 2.24) is 25.4 Å². The van der Waals surface area contributed by atoms with Gasteiger partial charge in [0, 0.05) is 6.42 Å². The van der Waals surface area contributed by atoms with Crippen molar-refractivity contribution in [3.8, 4) is 0 Å². The summed E-state index contributed by atoms with van der Waals surface area (Å²) in [4.78, 5) is 12.2. The Labute approximate surface area is 115 Å². The fourth-order valence-corrected chi connectivity index (χ4v) is 2.42. The highest BCUT2D eigenvalue weighted by Crippen LogP contribution is 2.14. The van der Waals surface area contributed by atoms with Crippen molar-refractivity contribution >= 4 is 11.0 Å². The Balaban J connectivity index is 1.50. The summed E-state index contributed by atoms with van der Waals surface area (Å²) in [6, 6.07) is 7.97. The summed E-state index contributed by atoms with van der Waals surface area (Å²) in [6.07, 6.45) is 1.43. The van der Waals surface area contributed by atoms with Gasteiger partial charge in [0.05, 0.1) is 17.5 Å². The molecule has 1 aromatic carbocycles. The van der Waals surface area contributed by atoms with E-state index in [1.54, 1.807) is 0 Å². The molecule has 2 aromatic heterocycles. The van der Waals surface area contributed by atoms with Crippen molar-refractivity contribution in [2.24, 2.45) is 5.92 Å². The summed E-state index contributed by atoms with van der Waals surface area (Å²) >= 11 is 0. The quantitative estimate of drug-likeness (QED) is 0.746. The molecule has 0 aliphatic carbocycles. The molecule has 2 N–H and O–H groups in total. The zero-order valence-corrected chi connectivity index (χ0v) is 11.0. The fraction of sp³-hybridized carbons (Fsp3) is 0.357. The second-order valence-electron chi connectivity index (χ2n) is 5.21. The van der Waals surface area contributed by atoms with Gasteiger partial charge in [-0.1, -0.05) is 17.3 Å². The molecule has 0 bridgehead atoms. The second-order valence-corrected chi connectivity index (χ2v) is 5.21. The molecule has 0 radical (unpaired) electrons. The predicted molar refractivity (Wildman–Crippen MR) is 73.3 cm³/mol. The topological polar surface area (TPSA) is 79.6 Å². The van der Waals surface area contributed by atoms with Gasteiger partial charge in [-0.2, -0.15) is 4.98 Å². The Bertz CT molecular complexity index is 695. The number of hydrogen-bond donors (Lipinski definition) is 2. The minimum atomic E-state index is 0.571. The first-order chi connectivity index (χ1) is 9.87. The van der Waals surface area contributed by atoms with E-state index < -0.39 is 0 Å². The molecule has 4 rings (SSSR count). The second kappa shape index (κ2) is 4.72. The van der Waals surface area contributed by atoms with E-state index >= 15 is 0 Å². The lowest BCUT2D eigenvalue weighted by Gasteiger charge is -2.25. The van der Waals surface area contributed by atoms with E-state index in [9.17, 15) is 0 Å². The molecule has 6 nitrogen and oxygen atoms in total. The molecule has 1 aliphatic rings. The van der Waals surface area contributed by atoms with Gasteiger partial charge < -0.3 is 14.8 Å². The number of nitrogens with zero attached hydrogens (tertiary/aromatic N) is 3. The van der Waals surface area contributed by atoms with Gasteiger partial charge in [-0.05, 0) is 31.1 Å². The lowest BCUT2D eigenvalue weighted by atomic mass is 10.00. The number of aromatic nitrogens is 4. The van der Waals surface area contributed by atoms with Crippen LogP contribution in [0.1, 0.15) is 17.5 Å². The van der Waals surface area contributed by atoms with Gasteiger partial charge in [-0.25, -0.2) is 4.98 Å². The van der Waals surface area contributed by atoms with Crippen LogP contribution in [0.2, 0.25) is 0 Å². The molecular formula is C14H15N5O. The number of H-pyrrole nitrogens is 1. The summed E-state index contributed by atoms with van der Waals surface area (Å²) in [5.41, 5.74) is 2.00. The molecule has 3 heterocycles. The average molecular weight is 269 g/mol. The summed E-state index contributed by atoms with van der Waals surface area (Å²) < 4.78 is 5.29. The maximum atomic E-state index is 5.29. The summed E-state index contributed by atoms with van der Waals surface area (Å²) in [5, 5.41) is 7.26. The largest absolute Gasteiger partial charge is 0.342 e. The highest BCUT2D eigenvalue weighted by atomic mass is 16.5. The Kier molecular flexibility index (Phi) is 2.74. The Hall–Kier alpha value is -2.21. The molecule has 0 amide bonds. The zero-order valence-electron chi connectivity index (χ0n) is 11.0. The number of nitrogens with one attached hydrogen (secondary N) is 2. The third-order valence-electron chi connectivity index (χ3n) is 3.60. The van der Waals surface area contributed by atoms with Crippen LogP contribution in [0.3, 0.4) is 0 Å². The van der Waals surface area contributed by atoms with Crippen molar-refractivity contribution in [2.75, 3.05) is 13.1 Å². The van der Waals surface area contributed by atoms with E-state index in [0.29, 0.717) is 18.2 Å². The molecule has 1 aliphatic heterocycles. The summed E-state index contributed by atoms with van der Waals surface area (Å²) in [5.74, 6) is 2.91. The van der Waals surface area contributed by atoms with Crippen LogP contribution in [0, 0.1) is 5.92 Å². The lowest BCUT2D eigenvalue weighted by Crippen LogP contribution is -2.43. The number of rotatable bonds is 4. The highest BCUT2D eigenvalue weighted by molar-refractivity contribution is 5.74. The number of imidazole rings is 1. The Morgan fingerprint density at radius 2 is 2.10 bits per heavy atom. The number of fused-ring (bicyclic) bond motifs is 1. The molecule has 1 saturated heterocycles. The van der Waals surface area contributed by atoms with Crippen molar-refractivity contribution in [3.63, 3.8) is 0 Å². The minimum Gasteiger partial charge on any atom is -0.342 e. The van der Waals surface area contributed by atoms with Crippen LogP contribution in [0.15, 0.2) is 28.8 Å². The van der Waals surface area contributed by atoms with Gasteiger partial charge in [0.2, 0.25) is 5.89 Å². The predicted octanol–water partition coefficient (Wildman–Crippen LogP) is 1.30. The van der Waals surface area contributed by atoms with Crippen LogP contribution in [-0.4, -0.2) is 33.2 Å². The van der Waals surface area contributed by atoms with Crippen LogP contribution in [0.25, 0.3) is 11.0 Å². The smallest absolute Gasteiger partial charge is 0.227 e. The Morgan fingerprint density at radius 1 is 1.20 bits per heavy atom. The molecule has 0 saturated carbocycles. The molecule has 0 unspecified atom stereocenters. The first-order valence-electron chi connectivity index (χ1n) is 6.82. The normalized spacial score (nSPS) is 15.6. The summed E-state index contributed by atoms with van der Waals surface area (Å²) in [6.45, 7) is 2.09. The molecule has 0 spiro atoms. The van der Waals surface area contributed by atoms with E-state index in [4.69, 9.17) is 4.52 Å². The van der Waals surface area contributed by atoms with Crippen LogP contribution in [0.5, 0.6) is 0 Å². The van der Waals surface area contributed by atoms with Crippen LogP contribution >= 0.6 is 0 Å². The minimum absolute atomic E-state index is 0.571. The number of hydrogen-bond acceptors (Lipinski definition) is 5. The van der Waals surface area contributed by atoms with Crippen molar-refractivity contribution < 1.29 is 4.52 Å². The van der Waals surface area contributed by atoms with Crippen LogP contribution < -0.4 is 5.32 Å². The molecule has 0 atom stereocenters. The van der Waals surface area contributed by atoms with Gasteiger partial charge in [-0.3, -0.25) is 0 Å². The third-order valence-corrected chi connectivity index (χ3v) is 3.60. The van der Waals surface area contributed by atoms with Gasteiger partial charge in [0.15, 0.2) is 5.82 Å². The molecular weight excluding hydrogens is 254 g/mol. The van der Waals surface area contributed by atoms with E-state index in [-0.39, 0.29) is 0 Å². The fourth-order valence-electron chi connectivity index (χ4n) is 2.42. The molecule has 3 aromatic rings. The number of para-hydroxylation sites is 2. The first-order valence-corrected chi connectivity index (χ1v) is 6.82. The van der Waals surface area contributed by atoms with Gasteiger partial charge in [-0.15, -0.1) is 0 Å². The van der Waals surface area contributed by atoms with Crippen molar-refractivity contribution in [3.05, 3.63) is 41.8 Å². The van der Waals surface area contributed by atoms with E-state index in [0.717, 1.165) is 42.3 Å². The maximum absolute atomic E-state index is 5.29. The van der Waals surface area contributed by atoms with Gasteiger partial charge >= 0.3 is 0 Å². The van der Waals surface area contributed by atoms with Crippen LogP contribution in [0.4, 0.5) is 0 Å². The van der Waals surface area contributed by atoms with Crippen molar-refractivity contribution in [1.29, 1.82) is 0 Å². The number of benzene rings is 1. The van der Waals surface area contributed by atoms with E-state index in [1.807, 2.05) is 24.3 Å². The number of aromatic amines is 1. The molecule has 1 fully saturated rings. The molecule has 102 valence electrons. The van der Waals surface area contributed by atoms with Gasteiger partial charge in [0.25, 0.3) is 0 Å². The lowest BCUT2D eigenvalue weighted by molar-refractivity contribution is 0.295. The zero-order chi connectivity index (χ0) is 13.4.